The van der Waals surface area contributed by atoms with Crippen molar-refractivity contribution < 1.29 is 14.0 Å². The summed E-state index contributed by atoms with van der Waals surface area (Å²) in [6.45, 7) is 0.145. The molecule has 4 aromatic rings. The van der Waals surface area contributed by atoms with Gasteiger partial charge in [0.15, 0.2) is 5.13 Å². The van der Waals surface area contributed by atoms with Gasteiger partial charge >= 0.3 is 0 Å². The van der Waals surface area contributed by atoms with E-state index in [0.717, 1.165) is 22.2 Å². The lowest BCUT2D eigenvalue weighted by molar-refractivity contribution is -0.122. The maximum absolute atomic E-state index is 14.0. The van der Waals surface area contributed by atoms with Gasteiger partial charge in [0.2, 0.25) is 11.8 Å². The number of H-pyrrole nitrogens is 1. The third kappa shape index (κ3) is 3.25. The summed E-state index contributed by atoms with van der Waals surface area (Å²) in [5, 5.41) is 6.22. The fourth-order valence-electron chi connectivity index (χ4n) is 3.73. The molecule has 30 heavy (non-hydrogen) atoms. The second-order valence-electron chi connectivity index (χ2n) is 7.13. The van der Waals surface area contributed by atoms with E-state index in [1.165, 1.54) is 22.3 Å². The zero-order valence-corrected chi connectivity index (χ0v) is 16.6. The average molecular weight is 420 g/mol. The molecule has 2 aromatic carbocycles. The Kier molecular flexibility index (Phi) is 4.55. The molecule has 0 bridgehead atoms. The van der Waals surface area contributed by atoms with Crippen molar-refractivity contribution in [3.8, 4) is 11.3 Å². The summed E-state index contributed by atoms with van der Waals surface area (Å²) in [6, 6.07) is 14.0. The largest absolute Gasteiger partial charge is 0.360 e. The molecule has 1 atom stereocenters. The molecule has 150 valence electrons. The smallest absolute Gasteiger partial charge is 0.231 e. The Hall–Kier alpha value is -3.52. The van der Waals surface area contributed by atoms with Crippen molar-refractivity contribution in [3.63, 3.8) is 0 Å². The molecule has 0 saturated carbocycles. The Morgan fingerprint density at radius 3 is 2.87 bits per heavy atom. The van der Waals surface area contributed by atoms with E-state index in [1.807, 2.05) is 35.8 Å². The van der Waals surface area contributed by atoms with Crippen LogP contribution >= 0.6 is 11.3 Å². The Bertz CT molecular complexity index is 1260. The van der Waals surface area contributed by atoms with Gasteiger partial charge in [0, 0.05) is 41.0 Å². The number of nitrogens with zero attached hydrogens (tertiary/aromatic N) is 2. The number of aromatic nitrogens is 2. The van der Waals surface area contributed by atoms with Gasteiger partial charge in [-0.05, 0) is 18.2 Å². The fraction of sp³-hybridized carbons (Fsp3) is 0.136. The van der Waals surface area contributed by atoms with Crippen molar-refractivity contribution in [2.45, 2.75) is 6.42 Å². The summed E-state index contributed by atoms with van der Waals surface area (Å²) in [6.07, 6.45) is 1.94. The standard InChI is InChI=1S/C22H17FN4O2S/c23-16-6-2-4-8-19(16)27-11-13(9-20(27)28)21(29)26-22-25-18(12-30-22)15-10-24-17-7-3-1-5-14(15)17/h1-8,10,12-13,24H,9,11H2,(H,25,26,29). The Morgan fingerprint density at radius 1 is 1.20 bits per heavy atom. The number of amides is 2. The summed E-state index contributed by atoms with van der Waals surface area (Å²) < 4.78 is 14.0. The van der Waals surface area contributed by atoms with Crippen LogP contribution in [-0.4, -0.2) is 28.3 Å². The van der Waals surface area contributed by atoms with E-state index >= 15 is 0 Å². The minimum absolute atomic E-state index is 0.0425. The molecule has 6 nitrogen and oxygen atoms in total. The summed E-state index contributed by atoms with van der Waals surface area (Å²) in [4.78, 5) is 34.1. The number of carbonyl (C=O) groups excluding carboxylic acids is 2. The first-order chi connectivity index (χ1) is 14.6. The normalized spacial score (nSPS) is 16.4. The minimum atomic E-state index is -0.558. The van der Waals surface area contributed by atoms with Gasteiger partial charge in [-0.3, -0.25) is 9.59 Å². The molecule has 2 amide bonds. The van der Waals surface area contributed by atoms with Gasteiger partial charge in [-0.15, -0.1) is 11.3 Å². The van der Waals surface area contributed by atoms with E-state index in [-0.39, 0.29) is 30.5 Å². The third-order valence-corrected chi connectivity index (χ3v) is 6.00. The average Bonchev–Trinajstić information content (AvgIpc) is 3.46. The number of carbonyl (C=O) groups is 2. The molecular weight excluding hydrogens is 403 g/mol. The summed E-state index contributed by atoms with van der Waals surface area (Å²) >= 11 is 1.33. The molecule has 2 N–H and O–H groups in total. The molecule has 0 spiro atoms. The Labute approximate surface area is 175 Å². The Morgan fingerprint density at radius 2 is 2.00 bits per heavy atom. The van der Waals surface area contributed by atoms with Crippen LogP contribution in [-0.2, 0) is 9.59 Å². The fourth-order valence-corrected chi connectivity index (χ4v) is 4.45. The van der Waals surface area contributed by atoms with Gasteiger partial charge in [-0.2, -0.15) is 0 Å². The van der Waals surface area contributed by atoms with Crippen molar-refractivity contribution >= 4 is 44.9 Å². The predicted molar refractivity (Wildman–Crippen MR) is 115 cm³/mol. The van der Waals surface area contributed by atoms with Gasteiger partial charge in [0.05, 0.1) is 17.3 Å². The zero-order valence-electron chi connectivity index (χ0n) is 15.8. The van der Waals surface area contributed by atoms with Crippen LogP contribution in [0.2, 0.25) is 0 Å². The van der Waals surface area contributed by atoms with Gasteiger partial charge < -0.3 is 15.2 Å². The molecule has 1 saturated heterocycles. The number of fused-ring (bicyclic) bond motifs is 1. The number of halogens is 1. The molecule has 8 heteroatoms. The van der Waals surface area contributed by atoms with Crippen LogP contribution < -0.4 is 10.2 Å². The van der Waals surface area contributed by atoms with Crippen LogP contribution in [0.25, 0.3) is 22.2 Å². The SMILES string of the molecule is O=C(Nc1nc(-c2c[nH]c3ccccc23)cs1)C1CC(=O)N(c2ccccc2F)C1. The van der Waals surface area contributed by atoms with E-state index in [2.05, 4.69) is 15.3 Å². The van der Waals surface area contributed by atoms with Crippen molar-refractivity contribution in [2.24, 2.45) is 5.92 Å². The number of thiazole rings is 1. The van der Waals surface area contributed by atoms with Crippen molar-refractivity contribution in [3.05, 3.63) is 65.9 Å². The highest BCUT2D eigenvalue weighted by Crippen LogP contribution is 2.32. The molecule has 1 fully saturated rings. The quantitative estimate of drug-likeness (QED) is 0.513. The molecule has 5 rings (SSSR count). The highest BCUT2D eigenvalue weighted by molar-refractivity contribution is 7.14. The van der Waals surface area contributed by atoms with E-state index in [9.17, 15) is 14.0 Å². The number of aromatic amines is 1. The van der Waals surface area contributed by atoms with E-state index in [4.69, 9.17) is 0 Å². The molecular formula is C22H17FN4O2S. The monoisotopic (exact) mass is 420 g/mol. The second kappa shape index (κ2) is 7.38. The second-order valence-corrected chi connectivity index (χ2v) is 7.99. The molecule has 1 unspecified atom stereocenters. The predicted octanol–water partition coefficient (Wildman–Crippen LogP) is 4.42. The van der Waals surface area contributed by atoms with Crippen molar-refractivity contribution in [1.82, 2.24) is 9.97 Å². The maximum Gasteiger partial charge on any atom is 0.231 e. The first kappa shape index (κ1) is 18.5. The van der Waals surface area contributed by atoms with Crippen molar-refractivity contribution in [2.75, 3.05) is 16.8 Å². The van der Waals surface area contributed by atoms with E-state index in [0.29, 0.717) is 5.13 Å². The van der Waals surface area contributed by atoms with E-state index in [1.54, 1.807) is 18.2 Å². The summed E-state index contributed by atoms with van der Waals surface area (Å²) in [5.74, 6) is -1.59. The first-order valence-electron chi connectivity index (χ1n) is 9.48. The first-order valence-corrected chi connectivity index (χ1v) is 10.4. The number of hydrogen-bond acceptors (Lipinski definition) is 4. The van der Waals surface area contributed by atoms with Crippen molar-refractivity contribution in [1.29, 1.82) is 0 Å². The van der Waals surface area contributed by atoms with Gasteiger partial charge in [-0.25, -0.2) is 9.37 Å². The minimum Gasteiger partial charge on any atom is -0.360 e. The molecule has 1 aliphatic rings. The van der Waals surface area contributed by atoms with Crippen LogP contribution in [0.5, 0.6) is 0 Å². The number of nitrogens with one attached hydrogen (secondary N) is 2. The number of benzene rings is 2. The van der Waals surface area contributed by atoms with Gasteiger partial charge in [-0.1, -0.05) is 30.3 Å². The summed E-state index contributed by atoms with van der Waals surface area (Å²) in [7, 11) is 0. The maximum atomic E-state index is 14.0. The van der Waals surface area contributed by atoms with Crippen LogP contribution in [0.1, 0.15) is 6.42 Å². The lowest BCUT2D eigenvalue weighted by Crippen LogP contribution is -2.28. The van der Waals surface area contributed by atoms with Crippen LogP contribution in [0, 0.1) is 11.7 Å². The van der Waals surface area contributed by atoms with Crippen LogP contribution in [0.3, 0.4) is 0 Å². The highest BCUT2D eigenvalue weighted by Gasteiger charge is 2.36. The molecule has 0 aliphatic carbocycles. The highest BCUT2D eigenvalue weighted by atomic mass is 32.1. The van der Waals surface area contributed by atoms with Crippen LogP contribution in [0.15, 0.2) is 60.1 Å². The number of rotatable bonds is 4. The number of anilines is 2. The van der Waals surface area contributed by atoms with Gasteiger partial charge in [0.1, 0.15) is 5.82 Å². The molecule has 3 heterocycles. The lowest BCUT2D eigenvalue weighted by Gasteiger charge is -2.17. The van der Waals surface area contributed by atoms with Crippen LogP contribution in [0.4, 0.5) is 15.2 Å². The molecule has 1 aliphatic heterocycles. The zero-order chi connectivity index (χ0) is 20.7. The topological polar surface area (TPSA) is 78.1 Å². The molecule has 2 aromatic heterocycles. The third-order valence-electron chi connectivity index (χ3n) is 5.24. The number of para-hydroxylation sites is 2. The van der Waals surface area contributed by atoms with Gasteiger partial charge in [0.25, 0.3) is 0 Å². The summed E-state index contributed by atoms with van der Waals surface area (Å²) in [5.41, 5.74) is 2.95. The number of hydrogen-bond donors (Lipinski definition) is 2. The van der Waals surface area contributed by atoms with E-state index < -0.39 is 11.7 Å². The lowest BCUT2D eigenvalue weighted by atomic mass is 10.1. The Balaban J connectivity index is 1.31. The molecule has 0 radical (unpaired) electrons.